The molecular weight excluding hydrogens is 326 g/mol. The van der Waals surface area contributed by atoms with Gasteiger partial charge in [-0.25, -0.2) is 4.79 Å². The van der Waals surface area contributed by atoms with E-state index in [2.05, 4.69) is 11.9 Å². The number of ketones is 1. The molecule has 2 rings (SSSR count). The number of benzene rings is 1. The fourth-order valence-electron chi connectivity index (χ4n) is 2.93. The third kappa shape index (κ3) is 5.19. The molecule has 4 nitrogen and oxygen atoms in total. The molecule has 0 aliphatic carbocycles. The van der Waals surface area contributed by atoms with Crippen LogP contribution in [0.3, 0.4) is 0 Å². The Hall–Kier alpha value is -2.62. The van der Waals surface area contributed by atoms with Crippen molar-refractivity contribution in [3.8, 4) is 0 Å². The first-order chi connectivity index (χ1) is 12.3. The summed E-state index contributed by atoms with van der Waals surface area (Å²) in [6.45, 7) is 15.0. The van der Waals surface area contributed by atoms with Gasteiger partial charge in [-0.2, -0.15) is 0 Å². The maximum absolute atomic E-state index is 12.3. The van der Waals surface area contributed by atoms with Crippen molar-refractivity contribution in [2.45, 2.75) is 53.5 Å². The zero-order valence-corrected chi connectivity index (χ0v) is 16.6. The van der Waals surface area contributed by atoms with Crippen molar-refractivity contribution >= 4 is 34.4 Å². The van der Waals surface area contributed by atoms with E-state index in [1.807, 2.05) is 52.8 Å². The SMILES string of the molecule is C=C/C=c1\c(=C/C)oc(=O)c2cc(NC(C)(C)CC(C)=O)ccc12.CC. The summed E-state index contributed by atoms with van der Waals surface area (Å²) in [5, 5.41) is 5.45. The molecule has 4 heteroatoms. The van der Waals surface area contributed by atoms with Crippen molar-refractivity contribution in [2.75, 3.05) is 5.32 Å². The molecule has 0 unspecified atom stereocenters. The number of anilines is 1. The molecule has 0 spiro atoms. The largest absolute Gasteiger partial charge is 0.423 e. The van der Waals surface area contributed by atoms with Crippen molar-refractivity contribution in [3.63, 3.8) is 0 Å². The summed E-state index contributed by atoms with van der Waals surface area (Å²) in [7, 11) is 0. The number of nitrogens with one attached hydrogen (secondary N) is 1. The molecule has 0 saturated heterocycles. The van der Waals surface area contributed by atoms with E-state index in [-0.39, 0.29) is 11.4 Å². The summed E-state index contributed by atoms with van der Waals surface area (Å²) in [5.41, 5.74) is 0.531. The van der Waals surface area contributed by atoms with E-state index < -0.39 is 5.54 Å². The van der Waals surface area contributed by atoms with Gasteiger partial charge >= 0.3 is 5.63 Å². The molecule has 1 aromatic heterocycles. The molecule has 2 aromatic rings. The Morgan fingerprint density at radius 1 is 1.27 bits per heavy atom. The topological polar surface area (TPSA) is 59.3 Å². The van der Waals surface area contributed by atoms with E-state index in [9.17, 15) is 9.59 Å². The third-order valence-corrected chi connectivity index (χ3v) is 3.72. The number of carbonyl (C=O) groups excluding carboxylic acids is 1. The normalized spacial score (nSPS) is 12.5. The Morgan fingerprint density at radius 3 is 2.46 bits per heavy atom. The van der Waals surface area contributed by atoms with Gasteiger partial charge in [0, 0.05) is 28.3 Å². The summed E-state index contributed by atoms with van der Waals surface area (Å²) in [5.74, 6) is 0.110. The average Bonchev–Trinajstić information content (AvgIpc) is 2.57. The minimum atomic E-state index is -0.396. The lowest BCUT2D eigenvalue weighted by atomic mass is 9.97. The predicted octanol–water partition coefficient (Wildman–Crippen LogP) is 3.76. The zero-order valence-electron chi connectivity index (χ0n) is 16.6. The minimum absolute atomic E-state index is 0.110. The Morgan fingerprint density at radius 2 is 1.92 bits per heavy atom. The monoisotopic (exact) mass is 355 g/mol. The van der Waals surface area contributed by atoms with E-state index in [1.54, 1.807) is 25.1 Å². The minimum Gasteiger partial charge on any atom is -0.423 e. The van der Waals surface area contributed by atoms with E-state index in [4.69, 9.17) is 4.42 Å². The zero-order chi connectivity index (χ0) is 19.9. The molecule has 0 fully saturated rings. The molecule has 0 aliphatic rings. The fourth-order valence-corrected chi connectivity index (χ4v) is 2.93. The highest BCUT2D eigenvalue weighted by molar-refractivity contribution is 5.86. The van der Waals surface area contributed by atoms with Gasteiger partial charge in [-0.05, 0) is 45.9 Å². The van der Waals surface area contributed by atoms with Crippen LogP contribution in [0.25, 0.3) is 22.9 Å². The second-order valence-electron chi connectivity index (χ2n) is 6.51. The summed E-state index contributed by atoms with van der Waals surface area (Å²) >= 11 is 0. The highest BCUT2D eigenvalue weighted by atomic mass is 16.4. The van der Waals surface area contributed by atoms with Crippen LogP contribution in [-0.2, 0) is 4.79 Å². The van der Waals surface area contributed by atoms with Gasteiger partial charge in [0.1, 0.15) is 11.2 Å². The van der Waals surface area contributed by atoms with E-state index >= 15 is 0 Å². The molecule has 0 amide bonds. The first kappa shape index (κ1) is 21.4. The van der Waals surface area contributed by atoms with Crippen LogP contribution in [-0.4, -0.2) is 11.3 Å². The molecule has 0 aliphatic heterocycles. The third-order valence-electron chi connectivity index (χ3n) is 3.72. The Labute approximate surface area is 154 Å². The van der Waals surface area contributed by atoms with Crippen LogP contribution in [0.5, 0.6) is 0 Å². The van der Waals surface area contributed by atoms with Crippen LogP contribution in [0, 0.1) is 0 Å². The van der Waals surface area contributed by atoms with Crippen molar-refractivity contribution in [1.29, 1.82) is 0 Å². The maximum Gasteiger partial charge on any atom is 0.344 e. The van der Waals surface area contributed by atoms with Crippen molar-refractivity contribution in [3.05, 3.63) is 51.9 Å². The molecule has 0 atom stereocenters. The van der Waals surface area contributed by atoms with Gasteiger partial charge in [0.25, 0.3) is 0 Å². The second kappa shape index (κ2) is 9.18. The van der Waals surface area contributed by atoms with E-state index in [0.717, 1.165) is 16.3 Å². The van der Waals surface area contributed by atoms with Gasteiger partial charge in [-0.15, -0.1) is 0 Å². The number of allylic oxidation sites excluding steroid dienone is 1. The number of Topliss-reactive ketones (excluding diaryl/α,β-unsaturated/α-hetero) is 1. The average molecular weight is 355 g/mol. The molecule has 26 heavy (non-hydrogen) atoms. The number of hydrogen-bond donors (Lipinski definition) is 1. The summed E-state index contributed by atoms with van der Waals surface area (Å²) < 4.78 is 5.40. The van der Waals surface area contributed by atoms with Gasteiger partial charge in [0.15, 0.2) is 0 Å². The molecule has 0 radical (unpaired) electrons. The number of rotatable bonds is 5. The van der Waals surface area contributed by atoms with Crippen molar-refractivity contribution in [2.24, 2.45) is 0 Å². The smallest absolute Gasteiger partial charge is 0.344 e. The van der Waals surface area contributed by atoms with Gasteiger partial charge in [-0.3, -0.25) is 4.79 Å². The van der Waals surface area contributed by atoms with Gasteiger partial charge in [0.05, 0.1) is 5.39 Å². The quantitative estimate of drug-likeness (QED) is 0.887. The standard InChI is InChI=1S/C20H23NO3.C2H6/c1-6-8-16-15-10-9-14(21-20(4,5)12-13(3)22)11-17(15)19(23)24-18(16)7-2;1-2/h6-11,21H,1,12H2,2-5H3;1-2H3/b16-8-,18-7+;. The summed E-state index contributed by atoms with van der Waals surface area (Å²) in [6, 6.07) is 5.56. The number of hydrogen-bond acceptors (Lipinski definition) is 4. The molecule has 1 heterocycles. The van der Waals surface area contributed by atoms with Crippen LogP contribution in [0.1, 0.15) is 48.0 Å². The first-order valence-corrected chi connectivity index (χ1v) is 8.91. The van der Waals surface area contributed by atoms with Crippen molar-refractivity contribution in [1.82, 2.24) is 0 Å². The second-order valence-corrected chi connectivity index (χ2v) is 6.51. The maximum atomic E-state index is 12.3. The Balaban J connectivity index is 0.00000163. The Kier molecular flexibility index (Phi) is 7.56. The van der Waals surface area contributed by atoms with E-state index in [0.29, 0.717) is 17.2 Å². The summed E-state index contributed by atoms with van der Waals surface area (Å²) in [4.78, 5) is 23.7. The van der Waals surface area contributed by atoms with Gasteiger partial charge in [-0.1, -0.05) is 38.6 Å². The van der Waals surface area contributed by atoms with Crippen LogP contribution in [0.4, 0.5) is 5.69 Å². The number of fused-ring (bicyclic) bond motifs is 1. The Bertz CT molecular complexity index is 965. The molecule has 1 N–H and O–H groups in total. The highest BCUT2D eigenvalue weighted by Crippen LogP contribution is 2.20. The number of carbonyl (C=O) groups is 1. The predicted molar refractivity (Wildman–Crippen MR) is 111 cm³/mol. The van der Waals surface area contributed by atoms with Gasteiger partial charge in [0.2, 0.25) is 0 Å². The summed E-state index contributed by atoms with van der Waals surface area (Å²) in [6.07, 6.45) is 5.66. The lowest BCUT2D eigenvalue weighted by molar-refractivity contribution is -0.117. The lowest BCUT2D eigenvalue weighted by Gasteiger charge is -2.26. The van der Waals surface area contributed by atoms with Crippen LogP contribution in [0.15, 0.2) is 40.1 Å². The molecular formula is C22H29NO3. The van der Waals surface area contributed by atoms with Crippen LogP contribution in [0.2, 0.25) is 0 Å². The lowest BCUT2D eigenvalue weighted by Crippen LogP contribution is -2.33. The first-order valence-electron chi connectivity index (χ1n) is 8.91. The van der Waals surface area contributed by atoms with Crippen LogP contribution < -0.4 is 21.6 Å². The molecule has 140 valence electrons. The highest BCUT2D eigenvalue weighted by Gasteiger charge is 2.20. The van der Waals surface area contributed by atoms with Crippen LogP contribution >= 0.6 is 0 Å². The van der Waals surface area contributed by atoms with E-state index in [1.165, 1.54) is 0 Å². The molecule has 0 saturated carbocycles. The fraction of sp³-hybridized carbons (Fsp3) is 0.364. The molecule has 0 bridgehead atoms. The van der Waals surface area contributed by atoms with Gasteiger partial charge < -0.3 is 9.73 Å². The van der Waals surface area contributed by atoms with Crippen molar-refractivity contribution < 1.29 is 9.21 Å². The molecule has 1 aromatic carbocycles.